The molecule has 0 radical (unpaired) electrons. The van der Waals surface area contributed by atoms with E-state index in [9.17, 15) is 5.11 Å². The average Bonchev–Trinajstić information content (AvgIpc) is 2.52. The van der Waals surface area contributed by atoms with E-state index < -0.39 is 6.10 Å². The number of hydrogen-bond donors (Lipinski definition) is 2. The molecule has 2 rings (SSSR count). The lowest BCUT2D eigenvalue weighted by atomic mass is 9.98. The van der Waals surface area contributed by atoms with Gasteiger partial charge in [-0.1, -0.05) is 30.9 Å². The Hall–Kier alpha value is -0.970. The third-order valence-corrected chi connectivity index (χ3v) is 4.07. The molecular weight excluding hydrogens is 290 g/mol. The summed E-state index contributed by atoms with van der Waals surface area (Å²) < 4.78 is 10.9. The maximum absolute atomic E-state index is 9.97. The highest BCUT2D eigenvalue weighted by atomic mass is 35.5. The minimum absolute atomic E-state index is 0.323. The van der Waals surface area contributed by atoms with Crippen molar-refractivity contribution in [1.29, 1.82) is 0 Å². The third-order valence-electron chi connectivity index (χ3n) is 3.77. The fraction of sp³-hybridized carbons (Fsp3) is 0.625. The monoisotopic (exact) mass is 313 g/mol. The summed E-state index contributed by atoms with van der Waals surface area (Å²) >= 11 is 6.06. The summed E-state index contributed by atoms with van der Waals surface area (Å²) in [5.74, 6) is 0.642. The zero-order valence-corrected chi connectivity index (χ0v) is 13.2. The van der Waals surface area contributed by atoms with Gasteiger partial charge in [-0.05, 0) is 31.0 Å². The van der Waals surface area contributed by atoms with E-state index in [0.717, 1.165) is 18.5 Å². The Labute approximate surface area is 131 Å². The first kappa shape index (κ1) is 16.4. The molecule has 1 unspecified atom stereocenters. The zero-order chi connectivity index (χ0) is 15.1. The van der Waals surface area contributed by atoms with E-state index in [1.165, 1.54) is 19.3 Å². The number of ether oxygens (including phenoxy) is 2. The van der Waals surface area contributed by atoms with Crippen molar-refractivity contribution in [2.45, 2.75) is 44.3 Å². The molecule has 118 valence electrons. The molecule has 1 aromatic carbocycles. The van der Waals surface area contributed by atoms with E-state index in [-0.39, 0.29) is 0 Å². The van der Waals surface area contributed by atoms with Gasteiger partial charge in [-0.15, -0.1) is 0 Å². The number of nitrogens with one attached hydrogen (secondary N) is 1. The van der Waals surface area contributed by atoms with Crippen LogP contribution in [0.1, 0.15) is 32.1 Å². The summed E-state index contributed by atoms with van der Waals surface area (Å²) in [6.07, 6.45) is 5.83. The van der Waals surface area contributed by atoms with Crippen molar-refractivity contribution in [2.75, 3.05) is 25.6 Å². The number of anilines is 1. The zero-order valence-electron chi connectivity index (χ0n) is 12.5. The van der Waals surface area contributed by atoms with Crippen molar-refractivity contribution in [1.82, 2.24) is 0 Å². The Bertz CT molecular complexity index is 436. The molecule has 0 spiro atoms. The maximum Gasteiger partial charge on any atom is 0.137 e. The van der Waals surface area contributed by atoms with E-state index in [4.69, 9.17) is 21.1 Å². The van der Waals surface area contributed by atoms with Gasteiger partial charge in [0.2, 0.25) is 0 Å². The molecule has 1 aliphatic carbocycles. The minimum Gasteiger partial charge on any atom is -0.495 e. The van der Waals surface area contributed by atoms with Crippen LogP contribution in [0.2, 0.25) is 5.02 Å². The second kappa shape index (κ2) is 8.47. The molecule has 2 N–H and O–H groups in total. The molecule has 0 heterocycles. The molecule has 0 aromatic heterocycles. The smallest absolute Gasteiger partial charge is 0.137 e. The van der Waals surface area contributed by atoms with Crippen molar-refractivity contribution in [3.05, 3.63) is 23.2 Å². The highest BCUT2D eigenvalue weighted by molar-refractivity contribution is 6.32. The summed E-state index contributed by atoms with van der Waals surface area (Å²) in [7, 11) is 1.58. The quantitative estimate of drug-likeness (QED) is 0.809. The fourth-order valence-corrected chi connectivity index (χ4v) is 2.81. The van der Waals surface area contributed by atoms with Crippen LogP contribution in [0, 0.1) is 0 Å². The maximum atomic E-state index is 9.97. The Balaban J connectivity index is 1.70. The van der Waals surface area contributed by atoms with Crippen LogP contribution in [-0.2, 0) is 4.74 Å². The van der Waals surface area contributed by atoms with Crippen molar-refractivity contribution >= 4 is 17.3 Å². The molecule has 0 aliphatic heterocycles. The van der Waals surface area contributed by atoms with Crippen LogP contribution >= 0.6 is 11.6 Å². The number of benzene rings is 1. The standard InChI is InChI=1S/C16H24ClNO3/c1-20-16-8-7-12(9-15(16)17)18-10-13(19)11-21-14-5-3-2-4-6-14/h7-9,13-14,18-19H,2-6,10-11H2,1H3. The molecule has 0 amide bonds. The van der Waals surface area contributed by atoms with Gasteiger partial charge in [0.05, 0.1) is 30.9 Å². The Morgan fingerprint density at radius 3 is 2.76 bits per heavy atom. The summed E-state index contributed by atoms with van der Waals surface area (Å²) in [4.78, 5) is 0. The molecule has 1 fully saturated rings. The average molecular weight is 314 g/mol. The second-order valence-corrected chi connectivity index (χ2v) is 5.88. The van der Waals surface area contributed by atoms with Gasteiger partial charge in [-0.2, -0.15) is 0 Å². The molecule has 1 aliphatic rings. The molecule has 4 nitrogen and oxygen atoms in total. The van der Waals surface area contributed by atoms with Gasteiger partial charge in [0.25, 0.3) is 0 Å². The summed E-state index contributed by atoms with van der Waals surface area (Å²) in [6.45, 7) is 0.816. The molecule has 1 aromatic rings. The van der Waals surface area contributed by atoms with Gasteiger partial charge >= 0.3 is 0 Å². The highest BCUT2D eigenvalue weighted by Crippen LogP contribution is 2.27. The summed E-state index contributed by atoms with van der Waals surface area (Å²) in [6, 6.07) is 5.46. The van der Waals surface area contributed by atoms with E-state index in [1.54, 1.807) is 19.2 Å². The van der Waals surface area contributed by atoms with Gasteiger partial charge in [0.15, 0.2) is 0 Å². The Morgan fingerprint density at radius 2 is 2.10 bits per heavy atom. The van der Waals surface area contributed by atoms with E-state index in [1.807, 2.05) is 6.07 Å². The largest absolute Gasteiger partial charge is 0.495 e. The number of hydrogen-bond acceptors (Lipinski definition) is 4. The Kier molecular flexibility index (Phi) is 6.61. The third kappa shape index (κ3) is 5.38. The first-order chi connectivity index (χ1) is 10.2. The lowest BCUT2D eigenvalue weighted by Crippen LogP contribution is -2.28. The predicted molar refractivity (Wildman–Crippen MR) is 85.3 cm³/mol. The van der Waals surface area contributed by atoms with Gasteiger partial charge in [-0.25, -0.2) is 0 Å². The second-order valence-electron chi connectivity index (χ2n) is 5.48. The van der Waals surface area contributed by atoms with Crippen LogP contribution in [0.3, 0.4) is 0 Å². The first-order valence-corrected chi connectivity index (χ1v) is 7.94. The topological polar surface area (TPSA) is 50.7 Å². The van der Waals surface area contributed by atoms with Crippen LogP contribution < -0.4 is 10.1 Å². The highest BCUT2D eigenvalue weighted by Gasteiger charge is 2.15. The lowest BCUT2D eigenvalue weighted by Gasteiger charge is -2.23. The van der Waals surface area contributed by atoms with Gasteiger partial charge < -0.3 is 19.9 Å². The van der Waals surface area contributed by atoms with Crippen LogP contribution in [0.25, 0.3) is 0 Å². The Morgan fingerprint density at radius 1 is 1.33 bits per heavy atom. The summed E-state index contributed by atoms with van der Waals surface area (Å²) in [5, 5.41) is 13.7. The minimum atomic E-state index is -0.521. The number of rotatable bonds is 7. The molecule has 0 saturated heterocycles. The molecule has 1 saturated carbocycles. The molecule has 1 atom stereocenters. The lowest BCUT2D eigenvalue weighted by molar-refractivity contribution is -0.0195. The van der Waals surface area contributed by atoms with E-state index >= 15 is 0 Å². The van der Waals surface area contributed by atoms with Crippen LogP contribution in [0.15, 0.2) is 18.2 Å². The van der Waals surface area contributed by atoms with Crippen LogP contribution in [0.4, 0.5) is 5.69 Å². The van der Waals surface area contributed by atoms with Crippen molar-refractivity contribution in [2.24, 2.45) is 0 Å². The van der Waals surface area contributed by atoms with Gasteiger partial charge in [0, 0.05) is 12.2 Å². The molecule has 5 heteroatoms. The van der Waals surface area contributed by atoms with Crippen molar-refractivity contribution in [3.8, 4) is 5.75 Å². The molecular formula is C16H24ClNO3. The number of aliphatic hydroxyl groups is 1. The van der Waals surface area contributed by atoms with Crippen LogP contribution in [0.5, 0.6) is 5.75 Å². The van der Waals surface area contributed by atoms with Crippen molar-refractivity contribution < 1.29 is 14.6 Å². The first-order valence-electron chi connectivity index (χ1n) is 7.56. The fourth-order valence-electron chi connectivity index (χ4n) is 2.55. The number of methoxy groups -OCH3 is 1. The predicted octanol–water partition coefficient (Wildman–Crippen LogP) is 3.47. The van der Waals surface area contributed by atoms with Gasteiger partial charge in [0.1, 0.15) is 5.75 Å². The van der Waals surface area contributed by atoms with Crippen LogP contribution in [-0.4, -0.2) is 37.6 Å². The van der Waals surface area contributed by atoms with E-state index in [0.29, 0.717) is 30.0 Å². The summed E-state index contributed by atoms with van der Waals surface area (Å²) in [5.41, 5.74) is 0.859. The normalized spacial score (nSPS) is 17.5. The van der Waals surface area contributed by atoms with Gasteiger partial charge in [-0.3, -0.25) is 0 Å². The SMILES string of the molecule is COc1ccc(NCC(O)COC2CCCCC2)cc1Cl. The van der Waals surface area contributed by atoms with Crippen molar-refractivity contribution in [3.63, 3.8) is 0 Å². The van der Waals surface area contributed by atoms with E-state index in [2.05, 4.69) is 5.32 Å². The molecule has 21 heavy (non-hydrogen) atoms. The molecule has 0 bridgehead atoms. The number of aliphatic hydroxyl groups excluding tert-OH is 1. The number of halogens is 1.